The van der Waals surface area contributed by atoms with Crippen LogP contribution in [0.15, 0.2) is 0 Å². The molecule has 0 saturated heterocycles. The number of carbonyl (C=O) groups is 2. The van der Waals surface area contributed by atoms with Crippen LogP contribution in [0.4, 0.5) is 0 Å². The van der Waals surface area contributed by atoms with E-state index in [-0.39, 0.29) is 0 Å². The SMILES string of the molecule is O=C(Cl)c1c2c(c(C(=O)Cl)c3c1CC3)CC2. The lowest BCUT2D eigenvalue weighted by Gasteiger charge is -2.33. The maximum absolute atomic E-state index is 11.4. The summed E-state index contributed by atoms with van der Waals surface area (Å²) < 4.78 is 0. The Morgan fingerprint density at radius 3 is 1.06 bits per heavy atom. The highest BCUT2D eigenvalue weighted by Gasteiger charge is 2.35. The van der Waals surface area contributed by atoms with E-state index >= 15 is 0 Å². The summed E-state index contributed by atoms with van der Waals surface area (Å²) in [6.07, 6.45) is 3.31. The summed E-state index contributed by atoms with van der Waals surface area (Å²) in [6.45, 7) is 0. The molecule has 0 heterocycles. The first-order valence-corrected chi connectivity index (χ1v) is 5.96. The molecule has 0 aliphatic heterocycles. The molecule has 0 spiro atoms. The average molecular weight is 255 g/mol. The number of fused-ring (bicyclic) bond motifs is 2. The minimum Gasteiger partial charge on any atom is -0.276 e. The molecule has 2 aliphatic carbocycles. The van der Waals surface area contributed by atoms with Crippen molar-refractivity contribution in [1.82, 2.24) is 0 Å². The standard InChI is InChI=1S/C12H8Cl2O2/c13-11(15)9-5-1-2-6(5)10(12(14)16)8-4-3-7(8)9/h1-4H2. The van der Waals surface area contributed by atoms with Gasteiger partial charge in [0, 0.05) is 11.1 Å². The van der Waals surface area contributed by atoms with Crippen molar-refractivity contribution < 1.29 is 9.59 Å². The molecule has 3 rings (SSSR count). The van der Waals surface area contributed by atoms with E-state index in [0.717, 1.165) is 47.9 Å². The average Bonchev–Trinajstić information content (AvgIpc) is 2.10. The largest absolute Gasteiger partial charge is 0.276 e. The lowest BCUT2D eigenvalue weighted by molar-refractivity contribution is 0.106. The zero-order valence-electron chi connectivity index (χ0n) is 8.40. The van der Waals surface area contributed by atoms with Crippen LogP contribution < -0.4 is 0 Å². The molecule has 0 N–H and O–H groups in total. The fourth-order valence-corrected chi connectivity index (χ4v) is 3.15. The summed E-state index contributed by atoms with van der Waals surface area (Å²) in [5.41, 5.74) is 5.08. The van der Waals surface area contributed by atoms with Crippen LogP contribution in [0.1, 0.15) is 43.0 Å². The van der Waals surface area contributed by atoms with Gasteiger partial charge in [-0.05, 0) is 71.1 Å². The first-order valence-electron chi connectivity index (χ1n) is 5.20. The number of hydrogen-bond acceptors (Lipinski definition) is 2. The van der Waals surface area contributed by atoms with Gasteiger partial charge in [0.2, 0.25) is 0 Å². The normalized spacial score (nSPS) is 15.6. The van der Waals surface area contributed by atoms with E-state index < -0.39 is 10.5 Å². The molecule has 0 radical (unpaired) electrons. The van der Waals surface area contributed by atoms with Crippen LogP contribution in [0.5, 0.6) is 0 Å². The lowest BCUT2D eigenvalue weighted by Crippen LogP contribution is -2.27. The van der Waals surface area contributed by atoms with Crippen molar-refractivity contribution in [3.63, 3.8) is 0 Å². The smallest absolute Gasteiger partial charge is 0.252 e. The number of rotatable bonds is 2. The van der Waals surface area contributed by atoms with Crippen molar-refractivity contribution in [2.75, 3.05) is 0 Å². The number of hydrogen-bond donors (Lipinski definition) is 0. The van der Waals surface area contributed by atoms with Crippen molar-refractivity contribution in [2.24, 2.45) is 0 Å². The molecule has 16 heavy (non-hydrogen) atoms. The van der Waals surface area contributed by atoms with E-state index in [1.807, 2.05) is 0 Å². The highest BCUT2D eigenvalue weighted by molar-refractivity contribution is 6.69. The molecule has 2 aliphatic rings. The summed E-state index contributed by atoms with van der Waals surface area (Å²) in [7, 11) is 0. The first kappa shape index (κ1) is 10.3. The number of carbonyl (C=O) groups excluding carboxylic acids is 2. The van der Waals surface area contributed by atoms with Crippen molar-refractivity contribution >= 4 is 33.7 Å². The second-order valence-electron chi connectivity index (χ2n) is 4.21. The lowest BCUT2D eigenvalue weighted by atomic mass is 9.71. The van der Waals surface area contributed by atoms with Gasteiger partial charge in [0.15, 0.2) is 0 Å². The Labute approximate surface area is 103 Å². The monoisotopic (exact) mass is 254 g/mol. The maximum atomic E-state index is 11.4. The fraction of sp³-hybridized carbons (Fsp3) is 0.333. The van der Waals surface area contributed by atoms with Crippen molar-refractivity contribution in [3.8, 4) is 0 Å². The topological polar surface area (TPSA) is 34.1 Å². The highest BCUT2D eigenvalue weighted by Crippen LogP contribution is 2.42. The third-order valence-corrected chi connectivity index (χ3v) is 3.96. The molecule has 82 valence electrons. The van der Waals surface area contributed by atoms with Crippen LogP contribution in [-0.4, -0.2) is 10.5 Å². The summed E-state index contributed by atoms with van der Waals surface area (Å²) in [4.78, 5) is 22.8. The van der Waals surface area contributed by atoms with Crippen LogP contribution in [0.3, 0.4) is 0 Å². The highest BCUT2D eigenvalue weighted by atomic mass is 35.5. The molecule has 0 bridgehead atoms. The second kappa shape index (κ2) is 3.31. The summed E-state index contributed by atoms with van der Waals surface area (Å²) in [5, 5.41) is -0.805. The molecule has 0 fully saturated rings. The molecule has 0 unspecified atom stereocenters. The summed E-state index contributed by atoms with van der Waals surface area (Å²) in [6, 6.07) is 0. The van der Waals surface area contributed by atoms with Gasteiger partial charge in [-0.25, -0.2) is 0 Å². The van der Waals surface area contributed by atoms with Gasteiger partial charge in [0.25, 0.3) is 10.5 Å². The van der Waals surface area contributed by atoms with Gasteiger partial charge in [-0.2, -0.15) is 0 Å². The molecule has 4 heteroatoms. The van der Waals surface area contributed by atoms with Crippen molar-refractivity contribution in [1.29, 1.82) is 0 Å². The molecule has 2 nitrogen and oxygen atoms in total. The zero-order chi connectivity index (χ0) is 11.4. The Bertz CT molecular complexity index is 464. The first-order chi connectivity index (χ1) is 7.61. The molecule has 0 saturated carbocycles. The minimum atomic E-state index is -0.402. The van der Waals surface area contributed by atoms with Crippen LogP contribution in [0.2, 0.25) is 0 Å². The van der Waals surface area contributed by atoms with Crippen LogP contribution in [0.25, 0.3) is 0 Å². The molecular weight excluding hydrogens is 247 g/mol. The Morgan fingerprint density at radius 2 is 0.938 bits per heavy atom. The van der Waals surface area contributed by atoms with Gasteiger partial charge < -0.3 is 0 Å². The third-order valence-electron chi connectivity index (χ3n) is 3.58. The van der Waals surface area contributed by atoms with Crippen LogP contribution in [0, 0.1) is 0 Å². The number of benzene rings is 1. The van der Waals surface area contributed by atoms with Gasteiger partial charge in [-0.3, -0.25) is 9.59 Å². The fourth-order valence-electron chi connectivity index (χ4n) is 2.69. The molecule has 1 aromatic carbocycles. The number of halogens is 2. The maximum Gasteiger partial charge on any atom is 0.252 e. The van der Waals surface area contributed by atoms with E-state index in [4.69, 9.17) is 23.2 Å². The van der Waals surface area contributed by atoms with Gasteiger partial charge >= 0.3 is 0 Å². The third kappa shape index (κ3) is 1.14. The Balaban J connectivity index is 2.35. The Kier molecular flexibility index (Phi) is 2.13. The van der Waals surface area contributed by atoms with Gasteiger partial charge in [-0.1, -0.05) is 0 Å². The quantitative estimate of drug-likeness (QED) is 0.761. The minimum absolute atomic E-state index is 0.402. The van der Waals surface area contributed by atoms with Gasteiger partial charge in [-0.15, -0.1) is 0 Å². The molecule has 0 amide bonds. The van der Waals surface area contributed by atoms with E-state index in [0.29, 0.717) is 11.1 Å². The molecule has 1 aromatic rings. The van der Waals surface area contributed by atoms with Gasteiger partial charge in [0.1, 0.15) is 0 Å². The van der Waals surface area contributed by atoms with E-state index in [2.05, 4.69) is 0 Å². The van der Waals surface area contributed by atoms with Crippen molar-refractivity contribution in [3.05, 3.63) is 33.4 Å². The Morgan fingerprint density at radius 1 is 0.688 bits per heavy atom. The molecule has 0 aromatic heterocycles. The predicted octanol–water partition coefficient (Wildman–Crippen LogP) is 2.64. The van der Waals surface area contributed by atoms with Crippen molar-refractivity contribution in [2.45, 2.75) is 25.7 Å². The zero-order valence-corrected chi connectivity index (χ0v) is 9.91. The molecule has 0 atom stereocenters. The predicted molar refractivity (Wildman–Crippen MR) is 61.6 cm³/mol. The summed E-state index contributed by atoms with van der Waals surface area (Å²) in [5.74, 6) is 0. The van der Waals surface area contributed by atoms with E-state index in [9.17, 15) is 9.59 Å². The second-order valence-corrected chi connectivity index (χ2v) is 4.90. The van der Waals surface area contributed by atoms with E-state index in [1.165, 1.54) is 0 Å². The van der Waals surface area contributed by atoms with Gasteiger partial charge in [0.05, 0.1) is 0 Å². The summed E-state index contributed by atoms with van der Waals surface area (Å²) >= 11 is 11.2. The molecular formula is C12H8Cl2O2. The Hall–Kier alpha value is -0.860. The van der Waals surface area contributed by atoms with E-state index in [1.54, 1.807) is 0 Å². The van der Waals surface area contributed by atoms with Crippen LogP contribution in [-0.2, 0) is 25.7 Å². The van der Waals surface area contributed by atoms with Crippen LogP contribution >= 0.6 is 23.2 Å².